The van der Waals surface area contributed by atoms with Crippen LogP contribution in [-0.4, -0.2) is 42.8 Å². The molecule has 1 amide bonds. The van der Waals surface area contributed by atoms with E-state index >= 15 is 0 Å². The van der Waals surface area contributed by atoms with E-state index in [4.69, 9.17) is 9.47 Å². The molecule has 2 rings (SSSR count). The monoisotopic (exact) mass is 199 g/mol. The van der Waals surface area contributed by atoms with Crippen LogP contribution in [-0.2, 0) is 14.3 Å². The first-order valence-electron chi connectivity index (χ1n) is 4.84. The van der Waals surface area contributed by atoms with Gasteiger partial charge in [-0.15, -0.1) is 0 Å². The molecule has 2 saturated heterocycles. The zero-order valence-corrected chi connectivity index (χ0v) is 8.06. The van der Waals surface area contributed by atoms with Gasteiger partial charge in [0.05, 0.1) is 18.6 Å². The van der Waals surface area contributed by atoms with Crippen LogP contribution in [0.25, 0.3) is 0 Å². The van der Waals surface area contributed by atoms with Crippen LogP contribution in [0, 0.1) is 5.92 Å². The molecule has 2 heterocycles. The van der Waals surface area contributed by atoms with Gasteiger partial charge in [-0.25, -0.2) is 4.79 Å². The van der Waals surface area contributed by atoms with Crippen molar-refractivity contribution in [3.05, 3.63) is 0 Å². The maximum Gasteiger partial charge on any atom is 0.410 e. The van der Waals surface area contributed by atoms with Crippen LogP contribution in [0.3, 0.4) is 0 Å². The first-order chi connectivity index (χ1) is 6.74. The van der Waals surface area contributed by atoms with E-state index in [-0.39, 0.29) is 24.0 Å². The quantitative estimate of drug-likeness (QED) is 0.573. The van der Waals surface area contributed by atoms with Gasteiger partial charge in [0.15, 0.2) is 0 Å². The summed E-state index contributed by atoms with van der Waals surface area (Å²) in [6.07, 6.45) is 0.362. The normalized spacial score (nSPS) is 30.1. The lowest BCUT2D eigenvalue weighted by atomic mass is 10.0. The van der Waals surface area contributed by atoms with Gasteiger partial charge < -0.3 is 14.4 Å². The smallest absolute Gasteiger partial charge is 0.410 e. The van der Waals surface area contributed by atoms with Crippen LogP contribution >= 0.6 is 0 Å². The molecule has 5 heteroatoms. The van der Waals surface area contributed by atoms with Crippen LogP contribution in [0.15, 0.2) is 0 Å². The second-order valence-corrected chi connectivity index (χ2v) is 3.48. The van der Waals surface area contributed by atoms with Gasteiger partial charge in [-0.3, -0.25) is 4.79 Å². The highest BCUT2D eigenvalue weighted by atomic mass is 16.6. The molecule has 0 N–H and O–H groups in total. The standard InChI is InChI=1S/C9H13NO4/c1-2-13-9(12)10-4-3-6-7(10)5-14-8(6)11/h6-7H,2-5H2,1H3. The highest BCUT2D eigenvalue weighted by molar-refractivity contribution is 5.78. The molecule has 0 saturated carbocycles. The number of esters is 1. The average Bonchev–Trinajstić information content (AvgIpc) is 2.69. The Labute approximate surface area is 82.0 Å². The third kappa shape index (κ3) is 1.32. The average molecular weight is 199 g/mol. The fourth-order valence-corrected chi connectivity index (χ4v) is 2.04. The van der Waals surface area contributed by atoms with Crippen LogP contribution in [0.2, 0.25) is 0 Å². The fraction of sp³-hybridized carbons (Fsp3) is 0.778. The van der Waals surface area contributed by atoms with E-state index in [0.29, 0.717) is 26.2 Å². The van der Waals surface area contributed by atoms with Gasteiger partial charge in [-0.2, -0.15) is 0 Å². The van der Waals surface area contributed by atoms with Crippen molar-refractivity contribution < 1.29 is 19.1 Å². The Morgan fingerprint density at radius 3 is 3.21 bits per heavy atom. The minimum absolute atomic E-state index is 0.0958. The topological polar surface area (TPSA) is 55.8 Å². The number of amides is 1. The Kier molecular flexibility index (Phi) is 2.31. The van der Waals surface area contributed by atoms with Gasteiger partial charge in [0.25, 0.3) is 0 Å². The minimum atomic E-state index is -0.335. The number of hydrogen-bond donors (Lipinski definition) is 0. The lowest BCUT2D eigenvalue weighted by Gasteiger charge is -2.20. The lowest BCUT2D eigenvalue weighted by molar-refractivity contribution is -0.141. The summed E-state index contributed by atoms with van der Waals surface area (Å²) in [5.41, 5.74) is 0. The number of nitrogens with zero attached hydrogens (tertiary/aromatic N) is 1. The Morgan fingerprint density at radius 1 is 1.71 bits per heavy atom. The third-order valence-electron chi connectivity index (χ3n) is 2.75. The summed E-state index contributed by atoms with van der Waals surface area (Å²) in [5.74, 6) is -0.304. The van der Waals surface area contributed by atoms with E-state index < -0.39 is 0 Å². The molecule has 0 radical (unpaired) electrons. The van der Waals surface area contributed by atoms with Gasteiger partial charge in [0.1, 0.15) is 6.61 Å². The maximum absolute atomic E-state index is 11.4. The molecular weight excluding hydrogens is 186 g/mol. The highest BCUT2D eigenvalue weighted by Gasteiger charge is 2.47. The number of likely N-dealkylation sites (tertiary alicyclic amines) is 1. The fourth-order valence-electron chi connectivity index (χ4n) is 2.04. The van der Waals surface area contributed by atoms with Crippen molar-refractivity contribution in [3.63, 3.8) is 0 Å². The number of cyclic esters (lactones) is 1. The van der Waals surface area contributed by atoms with E-state index in [1.807, 2.05) is 0 Å². The van der Waals surface area contributed by atoms with Crippen LogP contribution < -0.4 is 0 Å². The Morgan fingerprint density at radius 2 is 2.50 bits per heavy atom. The summed E-state index contributed by atoms with van der Waals surface area (Å²) in [7, 11) is 0. The molecule has 0 aromatic heterocycles. The summed E-state index contributed by atoms with van der Waals surface area (Å²) in [6, 6.07) is -0.0958. The molecule has 2 fully saturated rings. The van der Waals surface area contributed by atoms with Crippen LogP contribution in [0.4, 0.5) is 4.79 Å². The number of hydrogen-bond acceptors (Lipinski definition) is 4. The lowest BCUT2D eigenvalue weighted by Crippen LogP contribution is -2.38. The van der Waals surface area contributed by atoms with E-state index in [9.17, 15) is 9.59 Å². The Bertz CT molecular complexity index is 266. The predicted molar refractivity (Wildman–Crippen MR) is 46.6 cm³/mol. The minimum Gasteiger partial charge on any atom is -0.463 e. The van der Waals surface area contributed by atoms with Crippen molar-refractivity contribution in [1.29, 1.82) is 0 Å². The third-order valence-corrected chi connectivity index (χ3v) is 2.75. The molecule has 2 aliphatic heterocycles. The van der Waals surface area contributed by atoms with Gasteiger partial charge in [-0.1, -0.05) is 0 Å². The van der Waals surface area contributed by atoms with Crippen molar-refractivity contribution in [2.45, 2.75) is 19.4 Å². The zero-order chi connectivity index (χ0) is 10.1. The van der Waals surface area contributed by atoms with E-state index in [0.717, 1.165) is 0 Å². The van der Waals surface area contributed by atoms with Gasteiger partial charge in [-0.05, 0) is 13.3 Å². The predicted octanol–water partition coefficient (Wildman–Crippen LogP) is 0.390. The SMILES string of the molecule is CCOC(=O)N1CCC2C(=O)OCC21. The van der Waals surface area contributed by atoms with Gasteiger partial charge >= 0.3 is 12.1 Å². The van der Waals surface area contributed by atoms with Crippen molar-refractivity contribution in [1.82, 2.24) is 4.90 Å². The van der Waals surface area contributed by atoms with Crippen LogP contribution in [0.1, 0.15) is 13.3 Å². The molecule has 2 aliphatic rings. The summed E-state index contributed by atoms with van der Waals surface area (Å²) >= 11 is 0. The van der Waals surface area contributed by atoms with Crippen molar-refractivity contribution in [2.75, 3.05) is 19.8 Å². The zero-order valence-electron chi connectivity index (χ0n) is 8.06. The number of carbonyl (C=O) groups excluding carboxylic acids is 2. The molecule has 0 aliphatic carbocycles. The number of ether oxygens (including phenoxy) is 2. The molecule has 5 nitrogen and oxygen atoms in total. The molecule has 0 bridgehead atoms. The molecule has 0 aromatic carbocycles. The summed E-state index contributed by atoms with van der Waals surface area (Å²) in [6.45, 7) is 3.05. The summed E-state index contributed by atoms with van der Waals surface area (Å²) in [4.78, 5) is 24.2. The summed E-state index contributed by atoms with van der Waals surface area (Å²) < 4.78 is 9.78. The van der Waals surface area contributed by atoms with Gasteiger partial charge in [0.2, 0.25) is 0 Å². The van der Waals surface area contributed by atoms with E-state index in [1.54, 1.807) is 11.8 Å². The Balaban J connectivity index is 2.03. The first-order valence-corrected chi connectivity index (χ1v) is 4.84. The number of carbonyl (C=O) groups is 2. The van der Waals surface area contributed by atoms with E-state index in [1.165, 1.54) is 0 Å². The van der Waals surface area contributed by atoms with E-state index in [2.05, 4.69) is 0 Å². The van der Waals surface area contributed by atoms with Crippen LogP contribution in [0.5, 0.6) is 0 Å². The second-order valence-electron chi connectivity index (χ2n) is 3.48. The van der Waals surface area contributed by atoms with Crippen molar-refractivity contribution in [2.24, 2.45) is 5.92 Å². The van der Waals surface area contributed by atoms with Crippen molar-refractivity contribution in [3.8, 4) is 0 Å². The summed E-state index contributed by atoms with van der Waals surface area (Å²) in [5, 5.41) is 0. The second kappa shape index (κ2) is 3.48. The largest absolute Gasteiger partial charge is 0.463 e. The molecule has 0 spiro atoms. The molecule has 78 valence electrons. The number of rotatable bonds is 1. The molecule has 14 heavy (non-hydrogen) atoms. The van der Waals surface area contributed by atoms with Gasteiger partial charge in [0, 0.05) is 6.54 Å². The molecule has 2 unspecified atom stereocenters. The molecular formula is C9H13NO4. The van der Waals surface area contributed by atoms with Crippen molar-refractivity contribution >= 4 is 12.1 Å². The number of fused-ring (bicyclic) bond motifs is 1. The highest BCUT2D eigenvalue weighted by Crippen LogP contribution is 2.31. The molecule has 2 atom stereocenters. The maximum atomic E-state index is 11.4. The Hall–Kier alpha value is -1.26. The molecule has 0 aromatic rings. The first kappa shape index (κ1) is 9.30.